The minimum Gasteiger partial charge on any atom is -0.492 e. The summed E-state index contributed by atoms with van der Waals surface area (Å²) in [6, 6.07) is 13.2. The van der Waals surface area contributed by atoms with E-state index in [4.69, 9.17) is 9.47 Å². The highest BCUT2D eigenvalue weighted by molar-refractivity contribution is 5.95. The molecular formula is C26H31N3O4. The van der Waals surface area contributed by atoms with Crippen molar-refractivity contribution in [2.45, 2.75) is 25.8 Å². The summed E-state index contributed by atoms with van der Waals surface area (Å²) in [6.45, 7) is 4.72. The molecule has 1 aliphatic carbocycles. The second-order valence-electron chi connectivity index (χ2n) is 8.63. The molecule has 1 aromatic heterocycles. The first kappa shape index (κ1) is 23.0. The number of amides is 1. The minimum absolute atomic E-state index is 0.0984. The molecule has 1 aliphatic rings. The normalized spacial score (nSPS) is 13.5. The Balaban J connectivity index is 1.57. The maximum atomic E-state index is 13.4. The van der Waals surface area contributed by atoms with Crippen LogP contribution in [0.2, 0.25) is 0 Å². The van der Waals surface area contributed by atoms with Crippen LogP contribution in [0.3, 0.4) is 0 Å². The number of benzene rings is 2. The summed E-state index contributed by atoms with van der Waals surface area (Å²) in [4.78, 5) is 28.0. The molecule has 7 nitrogen and oxygen atoms in total. The Labute approximate surface area is 193 Å². The van der Waals surface area contributed by atoms with Gasteiger partial charge in [-0.05, 0) is 68.1 Å². The number of hydrogen-bond acceptors (Lipinski definition) is 5. The number of hydrogen-bond donors (Lipinski definition) is 1. The van der Waals surface area contributed by atoms with E-state index in [1.807, 2.05) is 38.2 Å². The van der Waals surface area contributed by atoms with Gasteiger partial charge in [0.05, 0.1) is 17.7 Å². The summed E-state index contributed by atoms with van der Waals surface area (Å²) >= 11 is 0. The maximum Gasteiger partial charge on any atom is 0.263 e. The molecule has 7 heteroatoms. The van der Waals surface area contributed by atoms with Gasteiger partial charge in [-0.15, -0.1) is 0 Å². The number of aryl methyl sites for hydroxylation is 1. The highest BCUT2D eigenvalue weighted by atomic mass is 16.5. The number of methoxy groups -OCH3 is 1. The summed E-state index contributed by atoms with van der Waals surface area (Å²) in [6.07, 6.45) is 3.83. The van der Waals surface area contributed by atoms with E-state index in [2.05, 4.69) is 10.2 Å². The Bertz CT molecular complexity index is 1200. The third-order valence-electron chi connectivity index (χ3n) is 5.94. The van der Waals surface area contributed by atoms with Crippen LogP contribution in [0.4, 0.5) is 0 Å². The van der Waals surface area contributed by atoms with Gasteiger partial charge in [-0.1, -0.05) is 12.1 Å². The molecule has 1 amide bonds. The van der Waals surface area contributed by atoms with Gasteiger partial charge in [-0.25, -0.2) is 0 Å². The van der Waals surface area contributed by atoms with Crippen molar-refractivity contribution in [3.05, 3.63) is 70.1 Å². The molecule has 2 aromatic carbocycles. The van der Waals surface area contributed by atoms with Gasteiger partial charge >= 0.3 is 0 Å². The van der Waals surface area contributed by atoms with Crippen LogP contribution in [-0.4, -0.2) is 61.9 Å². The number of carbonyl (C=O) groups is 1. The zero-order valence-electron chi connectivity index (χ0n) is 19.5. The Morgan fingerprint density at radius 2 is 1.91 bits per heavy atom. The van der Waals surface area contributed by atoms with Crippen molar-refractivity contribution in [3.8, 4) is 11.4 Å². The number of nitrogens with zero attached hydrogens (tertiary/aromatic N) is 2. The molecule has 3 aromatic rings. The minimum atomic E-state index is -0.141. The standard InChI is InChI=1S/C26H31N3O4/c1-18-4-5-20(25(30)27-21-7-8-21)16-24(18)29-11-10-19-6-9-22(17-23(19)26(29)31)33-15-13-28(2)12-14-32-3/h4-6,9-11,16-17,21H,7-8,12-15H2,1-3H3,(H,27,30). The van der Waals surface area contributed by atoms with Crippen LogP contribution in [0.25, 0.3) is 16.5 Å². The molecule has 0 spiro atoms. The van der Waals surface area contributed by atoms with Gasteiger partial charge in [0.1, 0.15) is 12.4 Å². The lowest BCUT2D eigenvalue weighted by molar-refractivity contribution is 0.0951. The third-order valence-corrected chi connectivity index (χ3v) is 5.94. The van der Waals surface area contributed by atoms with Gasteiger partial charge in [0.2, 0.25) is 0 Å². The third kappa shape index (κ3) is 5.61. The van der Waals surface area contributed by atoms with E-state index < -0.39 is 0 Å². The fourth-order valence-electron chi connectivity index (χ4n) is 3.68. The van der Waals surface area contributed by atoms with E-state index in [0.29, 0.717) is 35.6 Å². The first-order valence-corrected chi connectivity index (χ1v) is 11.3. The largest absolute Gasteiger partial charge is 0.492 e. The van der Waals surface area contributed by atoms with Gasteiger partial charge < -0.3 is 19.7 Å². The summed E-state index contributed by atoms with van der Waals surface area (Å²) < 4.78 is 12.6. The molecule has 33 heavy (non-hydrogen) atoms. The number of ether oxygens (including phenoxy) is 2. The van der Waals surface area contributed by atoms with Crippen LogP contribution >= 0.6 is 0 Å². The number of nitrogens with one attached hydrogen (secondary N) is 1. The van der Waals surface area contributed by atoms with Gasteiger partial charge in [0.15, 0.2) is 0 Å². The highest BCUT2D eigenvalue weighted by Gasteiger charge is 2.24. The molecular weight excluding hydrogens is 418 g/mol. The van der Waals surface area contributed by atoms with E-state index in [-0.39, 0.29) is 17.5 Å². The molecule has 1 fully saturated rings. The Morgan fingerprint density at radius 1 is 1.12 bits per heavy atom. The first-order chi connectivity index (χ1) is 16.0. The van der Waals surface area contributed by atoms with Crippen LogP contribution in [0.1, 0.15) is 28.8 Å². The average molecular weight is 450 g/mol. The molecule has 0 atom stereocenters. The van der Waals surface area contributed by atoms with Crippen LogP contribution in [0.5, 0.6) is 5.75 Å². The molecule has 0 bridgehead atoms. The number of carbonyl (C=O) groups excluding carboxylic acids is 1. The van der Waals surface area contributed by atoms with Gasteiger partial charge in [-0.2, -0.15) is 0 Å². The summed E-state index contributed by atoms with van der Waals surface area (Å²) in [5.74, 6) is 0.561. The van der Waals surface area contributed by atoms with Crippen molar-refractivity contribution < 1.29 is 14.3 Å². The quantitative estimate of drug-likeness (QED) is 0.515. The second kappa shape index (κ2) is 10.2. The van der Waals surface area contributed by atoms with E-state index in [1.165, 1.54) is 0 Å². The molecule has 1 heterocycles. The van der Waals surface area contributed by atoms with Crippen molar-refractivity contribution in [2.75, 3.05) is 40.5 Å². The van der Waals surface area contributed by atoms with E-state index >= 15 is 0 Å². The zero-order chi connectivity index (χ0) is 23.4. The predicted octanol–water partition coefficient (Wildman–Crippen LogP) is 3.15. The summed E-state index contributed by atoms with van der Waals surface area (Å²) in [7, 11) is 3.70. The number of aromatic nitrogens is 1. The summed E-state index contributed by atoms with van der Waals surface area (Å²) in [5, 5.41) is 4.43. The van der Waals surface area contributed by atoms with Gasteiger partial charge in [-0.3, -0.25) is 14.2 Å². The molecule has 0 aliphatic heterocycles. The van der Waals surface area contributed by atoms with Crippen molar-refractivity contribution in [1.29, 1.82) is 0 Å². The molecule has 0 radical (unpaired) electrons. The summed E-state index contributed by atoms with van der Waals surface area (Å²) in [5.41, 5.74) is 2.05. The van der Waals surface area contributed by atoms with Crippen LogP contribution in [-0.2, 0) is 4.74 Å². The Hall–Kier alpha value is -3.16. The molecule has 4 rings (SSSR count). The molecule has 0 unspecified atom stereocenters. The molecule has 0 saturated heterocycles. The predicted molar refractivity (Wildman–Crippen MR) is 130 cm³/mol. The van der Waals surface area contributed by atoms with Gasteiger partial charge in [0, 0.05) is 38.0 Å². The maximum absolute atomic E-state index is 13.4. The average Bonchev–Trinajstić information content (AvgIpc) is 3.63. The topological polar surface area (TPSA) is 72.8 Å². The fourth-order valence-corrected chi connectivity index (χ4v) is 3.68. The second-order valence-corrected chi connectivity index (χ2v) is 8.63. The van der Waals surface area contributed by atoms with Crippen molar-refractivity contribution in [3.63, 3.8) is 0 Å². The first-order valence-electron chi connectivity index (χ1n) is 11.3. The lowest BCUT2D eigenvalue weighted by Crippen LogP contribution is -2.27. The lowest BCUT2D eigenvalue weighted by atomic mass is 10.1. The number of rotatable bonds is 10. The molecule has 1 saturated carbocycles. The van der Waals surface area contributed by atoms with Crippen molar-refractivity contribution in [1.82, 2.24) is 14.8 Å². The number of fused-ring (bicyclic) bond motifs is 1. The Morgan fingerprint density at radius 3 is 2.67 bits per heavy atom. The van der Waals surface area contributed by atoms with E-state index in [0.717, 1.165) is 36.9 Å². The van der Waals surface area contributed by atoms with E-state index in [1.54, 1.807) is 36.1 Å². The highest BCUT2D eigenvalue weighted by Crippen LogP contribution is 2.22. The fraction of sp³-hybridized carbons (Fsp3) is 0.385. The van der Waals surface area contributed by atoms with Crippen molar-refractivity contribution in [2.24, 2.45) is 0 Å². The van der Waals surface area contributed by atoms with E-state index in [9.17, 15) is 9.59 Å². The van der Waals surface area contributed by atoms with Gasteiger partial charge in [0.25, 0.3) is 11.5 Å². The number of pyridine rings is 1. The van der Waals surface area contributed by atoms with Crippen molar-refractivity contribution >= 4 is 16.7 Å². The molecule has 174 valence electrons. The van der Waals surface area contributed by atoms with Crippen LogP contribution < -0.4 is 15.6 Å². The monoisotopic (exact) mass is 449 g/mol. The SMILES string of the molecule is COCCN(C)CCOc1ccc2ccn(-c3cc(C(=O)NC4CC4)ccc3C)c(=O)c2c1. The Kier molecular flexibility index (Phi) is 7.11. The smallest absolute Gasteiger partial charge is 0.263 e. The number of likely N-dealkylation sites (N-methyl/N-ethyl adjacent to an activating group) is 1. The van der Waals surface area contributed by atoms with Crippen LogP contribution in [0.15, 0.2) is 53.5 Å². The zero-order valence-corrected chi connectivity index (χ0v) is 19.5. The van der Waals surface area contributed by atoms with Crippen LogP contribution in [0, 0.1) is 6.92 Å². The molecule has 1 N–H and O–H groups in total. The lowest BCUT2D eigenvalue weighted by Gasteiger charge is -2.16.